The zero-order chi connectivity index (χ0) is 20.0. The average Bonchev–Trinajstić information content (AvgIpc) is 2.64. The van der Waals surface area contributed by atoms with Gasteiger partial charge in [-0.3, -0.25) is 9.59 Å². The highest BCUT2D eigenvalue weighted by Crippen LogP contribution is 2.17. The van der Waals surface area contributed by atoms with Crippen molar-refractivity contribution in [1.29, 1.82) is 0 Å². The van der Waals surface area contributed by atoms with E-state index in [0.717, 1.165) is 11.8 Å². The number of sulfone groups is 1. The van der Waals surface area contributed by atoms with Crippen molar-refractivity contribution in [3.05, 3.63) is 65.2 Å². The summed E-state index contributed by atoms with van der Waals surface area (Å²) in [7, 11) is -3.44. The van der Waals surface area contributed by atoms with Gasteiger partial charge in [-0.15, -0.1) is 0 Å². The minimum Gasteiger partial charge on any atom is -0.481 e. The van der Waals surface area contributed by atoms with Crippen LogP contribution in [0.1, 0.15) is 28.4 Å². The van der Waals surface area contributed by atoms with Gasteiger partial charge in [0.05, 0.1) is 10.8 Å². The Morgan fingerprint density at radius 2 is 1.78 bits per heavy atom. The van der Waals surface area contributed by atoms with E-state index >= 15 is 0 Å². The summed E-state index contributed by atoms with van der Waals surface area (Å²) >= 11 is 0. The van der Waals surface area contributed by atoms with Gasteiger partial charge in [-0.1, -0.05) is 43.3 Å². The van der Waals surface area contributed by atoms with Gasteiger partial charge in [0.15, 0.2) is 9.84 Å². The van der Waals surface area contributed by atoms with Crippen LogP contribution in [0.3, 0.4) is 0 Å². The Balaban J connectivity index is 2.16. The van der Waals surface area contributed by atoms with E-state index in [2.05, 4.69) is 5.32 Å². The third-order valence-corrected chi connectivity index (χ3v) is 5.43. The molecule has 0 aliphatic heterocycles. The molecule has 0 radical (unpaired) electrons. The number of aryl methyl sites for hydroxylation is 1. The van der Waals surface area contributed by atoms with Crippen molar-refractivity contribution >= 4 is 21.7 Å². The molecular weight excluding hydrogens is 366 g/mol. The second kappa shape index (κ2) is 8.81. The zero-order valence-corrected chi connectivity index (χ0v) is 16.1. The van der Waals surface area contributed by atoms with Crippen LogP contribution >= 0.6 is 0 Å². The smallest absolute Gasteiger partial charge is 0.308 e. The van der Waals surface area contributed by atoms with Crippen LogP contribution in [0.4, 0.5) is 0 Å². The van der Waals surface area contributed by atoms with E-state index in [1.54, 1.807) is 6.07 Å². The SMILES string of the molecule is CCc1ccc(S(C)(=O)=O)cc1C(=O)NCC(Cc1ccccc1)C(=O)O. The number of carbonyl (C=O) groups excluding carboxylic acids is 1. The lowest BCUT2D eigenvalue weighted by Gasteiger charge is -2.15. The first-order valence-corrected chi connectivity index (χ1v) is 10.5. The van der Waals surface area contributed by atoms with E-state index in [0.29, 0.717) is 18.4 Å². The topological polar surface area (TPSA) is 101 Å². The highest BCUT2D eigenvalue weighted by molar-refractivity contribution is 7.90. The Hall–Kier alpha value is -2.67. The normalized spacial score (nSPS) is 12.4. The maximum absolute atomic E-state index is 12.6. The molecule has 2 N–H and O–H groups in total. The molecule has 7 heteroatoms. The van der Waals surface area contributed by atoms with Crippen molar-refractivity contribution in [2.24, 2.45) is 5.92 Å². The number of nitrogens with one attached hydrogen (secondary N) is 1. The number of carboxylic acids is 1. The van der Waals surface area contributed by atoms with E-state index in [9.17, 15) is 23.1 Å². The minimum absolute atomic E-state index is 0.0463. The van der Waals surface area contributed by atoms with Crippen molar-refractivity contribution < 1.29 is 23.1 Å². The molecule has 0 saturated heterocycles. The lowest BCUT2D eigenvalue weighted by atomic mass is 9.99. The summed E-state index contributed by atoms with van der Waals surface area (Å²) in [6, 6.07) is 13.6. The molecule has 1 unspecified atom stereocenters. The molecule has 0 heterocycles. The molecule has 144 valence electrons. The van der Waals surface area contributed by atoms with Crippen molar-refractivity contribution in [3.8, 4) is 0 Å². The number of rotatable bonds is 8. The van der Waals surface area contributed by atoms with Gasteiger partial charge in [-0.05, 0) is 36.1 Å². The zero-order valence-electron chi connectivity index (χ0n) is 15.3. The summed E-state index contributed by atoms with van der Waals surface area (Å²) in [5.41, 5.74) is 1.83. The van der Waals surface area contributed by atoms with Crippen LogP contribution in [0.2, 0.25) is 0 Å². The first-order valence-electron chi connectivity index (χ1n) is 8.60. The van der Waals surface area contributed by atoms with Gasteiger partial charge in [0.2, 0.25) is 0 Å². The quantitative estimate of drug-likeness (QED) is 0.722. The average molecular weight is 389 g/mol. The van der Waals surface area contributed by atoms with Gasteiger partial charge in [0, 0.05) is 18.4 Å². The van der Waals surface area contributed by atoms with Crippen LogP contribution in [0.5, 0.6) is 0 Å². The van der Waals surface area contributed by atoms with E-state index < -0.39 is 27.6 Å². The van der Waals surface area contributed by atoms with Crippen LogP contribution in [0.15, 0.2) is 53.4 Å². The number of carboxylic acid groups (broad SMARTS) is 1. The Morgan fingerprint density at radius 1 is 1.11 bits per heavy atom. The molecule has 0 bridgehead atoms. The maximum atomic E-state index is 12.6. The highest BCUT2D eigenvalue weighted by atomic mass is 32.2. The van der Waals surface area contributed by atoms with E-state index in [-0.39, 0.29) is 17.0 Å². The fourth-order valence-corrected chi connectivity index (χ4v) is 3.41. The molecule has 0 aliphatic carbocycles. The molecule has 27 heavy (non-hydrogen) atoms. The van der Waals surface area contributed by atoms with Crippen molar-refractivity contribution in [2.45, 2.75) is 24.7 Å². The summed E-state index contributed by atoms with van der Waals surface area (Å²) < 4.78 is 23.5. The highest BCUT2D eigenvalue weighted by Gasteiger charge is 2.21. The Bertz CT molecular complexity index is 923. The molecule has 2 aromatic carbocycles. The summed E-state index contributed by atoms with van der Waals surface area (Å²) in [5.74, 6) is -2.25. The van der Waals surface area contributed by atoms with E-state index in [1.807, 2.05) is 37.3 Å². The van der Waals surface area contributed by atoms with E-state index in [1.165, 1.54) is 12.1 Å². The number of carbonyl (C=O) groups is 2. The Labute approximate surface area is 159 Å². The van der Waals surface area contributed by atoms with Crippen LogP contribution < -0.4 is 5.32 Å². The lowest BCUT2D eigenvalue weighted by Crippen LogP contribution is -2.34. The third-order valence-electron chi connectivity index (χ3n) is 4.32. The molecule has 2 rings (SSSR count). The number of hydrogen-bond donors (Lipinski definition) is 2. The van der Waals surface area contributed by atoms with Gasteiger partial charge in [-0.25, -0.2) is 8.42 Å². The molecule has 0 fully saturated rings. The largest absolute Gasteiger partial charge is 0.481 e. The molecule has 0 aliphatic rings. The first kappa shape index (κ1) is 20.6. The van der Waals surface area contributed by atoms with Crippen LogP contribution in [-0.2, 0) is 27.5 Å². The number of benzene rings is 2. The molecule has 1 atom stereocenters. The fraction of sp³-hybridized carbons (Fsp3) is 0.300. The first-order chi connectivity index (χ1) is 12.7. The predicted molar refractivity (Wildman–Crippen MR) is 103 cm³/mol. The molecule has 0 aromatic heterocycles. The minimum atomic E-state index is -3.44. The Kier molecular flexibility index (Phi) is 6.74. The van der Waals surface area contributed by atoms with Gasteiger partial charge >= 0.3 is 5.97 Å². The maximum Gasteiger partial charge on any atom is 0.308 e. The van der Waals surface area contributed by atoms with Crippen LogP contribution in [0, 0.1) is 5.92 Å². The van der Waals surface area contributed by atoms with Crippen molar-refractivity contribution in [3.63, 3.8) is 0 Å². The molecule has 0 saturated carbocycles. The van der Waals surface area contributed by atoms with Crippen molar-refractivity contribution in [1.82, 2.24) is 5.32 Å². The standard InChI is InChI=1S/C20H23NO5S/c1-3-15-9-10-17(27(2,25)26)12-18(15)19(22)21-13-16(20(23)24)11-14-7-5-4-6-8-14/h4-10,12,16H,3,11,13H2,1-2H3,(H,21,22)(H,23,24). The number of hydrogen-bond acceptors (Lipinski definition) is 4. The van der Waals surface area contributed by atoms with Crippen LogP contribution in [-0.4, -0.2) is 38.2 Å². The van der Waals surface area contributed by atoms with Crippen molar-refractivity contribution in [2.75, 3.05) is 12.8 Å². The summed E-state index contributed by atoms with van der Waals surface area (Å²) in [4.78, 5) is 24.2. The lowest BCUT2D eigenvalue weighted by molar-refractivity contribution is -0.141. The monoisotopic (exact) mass is 389 g/mol. The predicted octanol–water partition coefficient (Wildman–Crippen LogP) is 2.33. The van der Waals surface area contributed by atoms with Gasteiger partial charge in [0.25, 0.3) is 5.91 Å². The summed E-state index contributed by atoms with van der Waals surface area (Å²) in [5, 5.41) is 12.1. The number of amides is 1. The molecule has 2 aromatic rings. The second-order valence-electron chi connectivity index (χ2n) is 6.38. The van der Waals surface area contributed by atoms with Crippen LogP contribution in [0.25, 0.3) is 0 Å². The second-order valence-corrected chi connectivity index (χ2v) is 8.40. The van der Waals surface area contributed by atoms with Gasteiger partial charge in [0.1, 0.15) is 0 Å². The molecular formula is C20H23NO5S. The van der Waals surface area contributed by atoms with Gasteiger partial charge < -0.3 is 10.4 Å². The summed E-state index contributed by atoms with van der Waals surface area (Å²) in [6.45, 7) is 1.82. The molecule has 0 spiro atoms. The number of aliphatic carboxylic acids is 1. The molecule has 6 nitrogen and oxygen atoms in total. The summed E-state index contributed by atoms with van der Waals surface area (Å²) in [6.07, 6.45) is 1.93. The Morgan fingerprint density at radius 3 is 2.33 bits per heavy atom. The molecule has 1 amide bonds. The third kappa shape index (κ3) is 5.65. The van der Waals surface area contributed by atoms with E-state index in [4.69, 9.17) is 0 Å². The van der Waals surface area contributed by atoms with Gasteiger partial charge in [-0.2, -0.15) is 0 Å². The fourth-order valence-electron chi connectivity index (χ4n) is 2.76.